The van der Waals surface area contributed by atoms with Gasteiger partial charge < -0.3 is 10.6 Å². The topological polar surface area (TPSA) is 64.9 Å². The van der Waals surface area contributed by atoms with Gasteiger partial charge in [-0.2, -0.15) is 5.26 Å². The predicted molar refractivity (Wildman–Crippen MR) is 67.9 cm³/mol. The van der Waals surface area contributed by atoms with Crippen molar-refractivity contribution in [3.8, 4) is 6.07 Å². The first-order chi connectivity index (χ1) is 8.04. The van der Waals surface area contributed by atoms with Crippen LogP contribution < -0.4 is 10.6 Å². The van der Waals surface area contributed by atoms with E-state index in [2.05, 4.69) is 10.6 Å². The third kappa shape index (κ3) is 3.97. The summed E-state index contributed by atoms with van der Waals surface area (Å²) in [4.78, 5) is 11.4. The lowest BCUT2D eigenvalue weighted by molar-refractivity contribution is -0.119. The highest BCUT2D eigenvalue weighted by molar-refractivity contribution is 6.32. The molecule has 0 fully saturated rings. The maximum absolute atomic E-state index is 11.4. The van der Waals surface area contributed by atoms with E-state index in [-0.39, 0.29) is 18.5 Å². The zero-order valence-electron chi connectivity index (χ0n) is 9.75. The van der Waals surface area contributed by atoms with Crippen LogP contribution in [-0.4, -0.2) is 18.5 Å². The van der Waals surface area contributed by atoms with Crippen molar-refractivity contribution in [2.45, 2.75) is 19.9 Å². The number of nitrogens with one attached hydrogen (secondary N) is 2. The SMILES string of the molecule is CC(C)NC(=O)CNc1cccc(Cl)c1C#N. The van der Waals surface area contributed by atoms with Crippen molar-refractivity contribution >= 4 is 23.2 Å². The first kappa shape index (κ1) is 13.3. The quantitative estimate of drug-likeness (QED) is 0.862. The molecule has 4 nitrogen and oxygen atoms in total. The van der Waals surface area contributed by atoms with E-state index in [1.165, 1.54) is 0 Å². The molecule has 0 atom stereocenters. The summed E-state index contributed by atoms with van der Waals surface area (Å²) in [6, 6.07) is 7.18. The highest BCUT2D eigenvalue weighted by Crippen LogP contribution is 2.22. The van der Waals surface area contributed by atoms with Crippen LogP contribution in [0.5, 0.6) is 0 Å². The zero-order valence-corrected chi connectivity index (χ0v) is 10.5. The van der Waals surface area contributed by atoms with Gasteiger partial charge in [0.2, 0.25) is 5.91 Å². The summed E-state index contributed by atoms with van der Waals surface area (Å²) < 4.78 is 0. The van der Waals surface area contributed by atoms with Crippen LogP contribution in [-0.2, 0) is 4.79 Å². The lowest BCUT2D eigenvalue weighted by atomic mass is 10.2. The van der Waals surface area contributed by atoms with Crippen LogP contribution in [0.25, 0.3) is 0 Å². The van der Waals surface area contributed by atoms with Crippen molar-refractivity contribution in [2.75, 3.05) is 11.9 Å². The summed E-state index contributed by atoms with van der Waals surface area (Å²) in [6.45, 7) is 3.89. The van der Waals surface area contributed by atoms with Crippen LogP contribution in [0.1, 0.15) is 19.4 Å². The van der Waals surface area contributed by atoms with Crippen molar-refractivity contribution in [3.05, 3.63) is 28.8 Å². The Hall–Kier alpha value is -1.73. The number of carbonyl (C=O) groups is 1. The van der Waals surface area contributed by atoms with E-state index in [0.29, 0.717) is 16.3 Å². The fourth-order valence-corrected chi connectivity index (χ4v) is 1.55. The Labute approximate surface area is 106 Å². The van der Waals surface area contributed by atoms with Crippen LogP contribution in [0.3, 0.4) is 0 Å². The molecule has 0 saturated carbocycles. The smallest absolute Gasteiger partial charge is 0.239 e. The van der Waals surface area contributed by atoms with E-state index in [4.69, 9.17) is 16.9 Å². The molecular weight excluding hydrogens is 238 g/mol. The molecular formula is C12H14ClN3O. The molecule has 1 aromatic carbocycles. The van der Waals surface area contributed by atoms with Crippen molar-refractivity contribution in [3.63, 3.8) is 0 Å². The Bertz CT molecular complexity index is 452. The number of halogens is 1. The van der Waals surface area contributed by atoms with Crippen LogP contribution in [0.15, 0.2) is 18.2 Å². The number of hydrogen-bond donors (Lipinski definition) is 2. The molecule has 0 saturated heterocycles. The molecule has 1 amide bonds. The minimum absolute atomic E-state index is 0.0964. The second-order valence-electron chi connectivity index (χ2n) is 3.85. The number of hydrogen-bond acceptors (Lipinski definition) is 3. The fraction of sp³-hybridized carbons (Fsp3) is 0.333. The number of anilines is 1. The summed E-state index contributed by atoms with van der Waals surface area (Å²) in [5.41, 5.74) is 0.922. The van der Waals surface area contributed by atoms with Gasteiger partial charge in [-0.05, 0) is 26.0 Å². The van der Waals surface area contributed by atoms with E-state index >= 15 is 0 Å². The van der Waals surface area contributed by atoms with Crippen LogP contribution in [0, 0.1) is 11.3 Å². The zero-order chi connectivity index (χ0) is 12.8. The number of rotatable bonds is 4. The fourth-order valence-electron chi connectivity index (χ4n) is 1.33. The van der Waals surface area contributed by atoms with Crippen molar-refractivity contribution in [2.24, 2.45) is 0 Å². The molecule has 0 aliphatic heterocycles. The minimum Gasteiger partial charge on any atom is -0.375 e. The summed E-state index contributed by atoms with van der Waals surface area (Å²) in [5, 5.41) is 15.0. The molecule has 1 rings (SSSR count). The largest absolute Gasteiger partial charge is 0.375 e. The third-order valence-electron chi connectivity index (χ3n) is 2.01. The Morgan fingerprint density at radius 1 is 1.53 bits per heavy atom. The first-order valence-electron chi connectivity index (χ1n) is 5.26. The van der Waals surface area contributed by atoms with Gasteiger partial charge in [0.25, 0.3) is 0 Å². The Kier molecular flexibility index (Phi) is 4.80. The van der Waals surface area contributed by atoms with Gasteiger partial charge in [-0.3, -0.25) is 4.79 Å². The molecule has 0 spiro atoms. The van der Waals surface area contributed by atoms with Gasteiger partial charge in [0.1, 0.15) is 6.07 Å². The molecule has 0 heterocycles. The van der Waals surface area contributed by atoms with E-state index < -0.39 is 0 Å². The summed E-state index contributed by atoms with van der Waals surface area (Å²) in [6.07, 6.45) is 0. The van der Waals surface area contributed by atoms with Crippen molar-refractivity contribution < 1.29 is 4.79 Å². The lowest BCUT2D eigenvalue weighted by Gasteiger charge is -2.11. The third-order valence-corrected chi connectivity index (χ3v) is 2.33. The monoisotopic (exact) mass is 251 g/mol. The van der Waals surface area contributed by atoms with E-state index in [9.17, 15) is 4.79 Å². The molecule has 0 aliphatic rings. The second kappa shape index (κ2) is 6.12. The average Bonchev–Trinajstić information content (AvgIpc) is 2.25. The van der Waals surface area contributed by atoms with Crippen LogP contribution >= 0.6 is 11.6 Å². The van der Waals surface area contributed by atoms with Crippen LogP contribution in [0.4, 0.5) is 5.69 Å². The molecule has 0 aliphatic carbocycles. The van der Waals surface area contributed by atoms with Gasteiger partial charge in [0, 0.05) is 6.04 Å². The average molecular weight is 252 g/mol. The lowest BCUT2D eigenvalue weighted by Crippen LogP contribution is -2.34. The number of benzene rings is 1. The molecule has 0 bridgehead atoms. The van der Waals surface area contributed by atoms with Gasteiger partial charge in [-0.1, -0.05) is 17.7 Å². The molecule has 0 unspecified atom stereocenters. The number of amides is 1. The molecule has 90 valence electrons. The molecule has 1 aromatic rings. The van der Waals surface area contributed by atoms with Gasteiger partial charge >= 0.3 is 0 Å². The highest BCUT2D eigenvalue weighted by Gasteiger charge is 2.08. The van der Waals surface area contributed by atoms with Crippen LogP contribution in [0.2, 0.25) is 5.02 Å². The van der Waals surface area contributed by atoms with E-state index in [1.807, 2.05) is 19.9 Å². The number of nitrogens with zero attached hydrogens (tertiary/aromatic N) is 1. The first-order valence-corrected chi connectivity index (χ1v) is 5.64. The standard InChI is InChI=1S/C12H14ClN3O/c1-8(2)16-12(17)7-15-11-5-3-4-10(13)9(11)6-14/h3-5,8,15H,7H2,1-2H3,(H,16,17). The molecule has 0 aromatic heterocycles. The van der Waals surface area contributed by atoms with E-state index in [1.54, 1.807) is 18.2 Å². The number of carbonyl (C=O) groups excluding carboxylic acids is 1. The van der Waals surface area contributed by atoms with Crippen molar-refractivity contribution in [1.82, 2.24) is 5.32 Å². The van der Waals surface area contributed by atoms with Gasteiger partial charge in [0.15, 0.2) is 0 Å². The van der Waals surface area contributed by atoms with Gasteiger partial charge in [0.05, 0.1) is 22.8 Å². The maximum Gasteiger partial charge on any atom is 0.239 e. The maximum atomic E-state index is 11.4. The summed E-state index contributed by atoms with van der Waals surface area (Å²) >= 11 is 5.87. The molecule has 5 heteroatoms. The van der Waals surface area contributed by atoms with E-state index in [0.717, 1.165) is 0 Å². The van der Waals surface area contributed by atoms with Gasteiger partial charge in [-0.15, -0.1) is 0 Å². The second-order valence-corrected chi connectivity index (χ2v) is 4.26. The summed E-state index contributed by atoms with van der Waals surface area (Å²) in [7, 11) is 0. The highest BCUT2D eigenvalue weighted by atomic mass is 35.5. The Balaban J connectivity index is 2.67. The molecule has 17 heavy (non-hydrogen) atoms. The Morgan fingerprint density at radius 2 is 2.24 bits per heavy atom. The summed E-state index contributed by atoms with van der Waals surface area (Å²) in [5.74, 6) is -0.121. The molecule has 0 radical (unpaired) electrons. The minimum atomic E-state index is -0.121. The Morgan fingerprint density at radius 3 is 2.82 bits per heavy atom. The predicted octanol–water partition coefficient (Wildman–Crippen LogP) is 2.15. The number of nitriles is 1. The van der Waals surface area contributed by atoms with Crippen molar-refractivity contribution in [1.29, 1.82) is 5.26 Å². The molecule has 2 N–H and O–H groups in total. The normalized spacial score (nSPS) is 9.82. The van der Waals surface area contributed by atoms with Gasteiger partial charge in [-0.25, -0.2) is 0 Å².